The molecule has 2 heterocycles. The predicted octanol–water partition coefficient (Wildman–Crippen LogP) is 2.03. The van der Waals surface area contributed by atoms with E-state index >= 15 is 0 Å². The molecule has 10 heteroatoms. The molecule has 1 fully saturated rings. The van der Waals surface area contributed by atoms with Gasteiger partial charge in [-0.2, -0.15) is 8.78 Å². The van der Waals surface area contributed by atoms with Crippen LogP contribution in [0.2, 0.25) is 0 Å². The highest BCUT2D eigenvalue weighted by atomic mass is 35.5. The van der Waals surface area contributed by atoms with Gasteiger partial charge in [-0.1, -0.05) is 5.21 Å². The Morgan fingerprint density at radius 3 is 2.65 bits per heavy atom. The number of carbonyl (C=O) groups excluding carboxylic acids is 1. The lowest BCUT2D eigenvalue weighted by Gasteiger charge is -2.33. The number of hydrogen-bond acceptors (Lipinski definition) is 5. The van der Waals surface area contributed by atoms with Gasteiger partial charge >= 0.3 is 6.61 Å². The normalized spacial score (nSPS) is 17.1. The molecule has 1 aliphatic rings. The first-order valence-electron chi connectivity index (χ1n) is 7.96. The van der Waals surface area contributed by atoms with E-state index in [0.29, 0.717) is 23.6 Å². The molecule has 1 aromatic heterocycles. The average Bonchev–Trinajstić information content (AvgIpc) is 2.96. The van der Waals surface area contributed by atoms with Gasteiger partial charge in [-0.25, -0.2) is 4.68 Å². The van der Waals surface area contributed by atoms with Crippen molar-refractivity contribution in [3.05, 3.63) is 35.7 Å². The van der Waals surface area contributed by atoms with Crippen LogP contribution in [0.25, 0.3) is 5.69 Å². The smallest absolute Gasteiger partial charge is 0.387 e. The lowest BCUT2D eigenvalue weighted by molar-refractivity contribution is -0.0498. The Balaban J connectivity index is 0.00000243. The zero-order valence-corrected chi connectivity index (χ0v) is 15.2. The second kappa shape index (κ2) is 8.41. The summed E-state index contributed by atoms with van der Waals surface area (Å²) in [5.41, 5.74) is 1.50. The number of amides is 1. The summed E-state index contributed by atoms with van der Waals surface area (Å²) in [7, 11) is 0. The maximum atomic E-state index is 12.7. The van der Waals surface area contributed by atoms with Crippen molar-refractivity contribution in [3.8, 4) is 11.4 Å². The summed E-state index contributed by atoms with van der Waals surface area (Å²) in [6.45, 7) is 2.96. The molecule has 1 atom stereocenters. The summed E-state index contributed by atoms with van der Waals surface area (Å²) in [4.78, 5) is 14.5. The van der Waals surface area contributed by atoms with Crippen molar-refractivity contribution in [2.75, 3.05) is 19.6 Å². The third kappa shape index (κ3) is 4.10. The molecule has 26 heavy (non-hydrogen) atoms. The van der Waals surface area contributed by atoms with Gasteiger partial charge in [0.15, 0.2) is 5.69 Å². The summed E-state index contributed by atoms with van der Waals surface area (Å²) in [6, 6.07) is 6.09. The summed E-state index contributed by atoms with van der Waals surface area (Å²) in [6.07, 6.45) is 0. The molecule has 0 aliphatic carbocycles. The Labute approximate surface area is 155 Å². The lowest BCUT2D eigenvalue weighted by atomic mass is 10.2. The first-order valence-corrected chi connectivity index (χ1v) is 7.96. The number of ether oxygens (including phenoxy) is 1. The largest absolute Gasteiger partial charge is 0.435 e. The van der Waals surface area contributed by atoms with Gasteiger partial charge in [0.2, 0.25) is 0 Å². The quantitative estimate of drug-likeness (QED) is 0.869. The summed E-state index contributed by atoms with van der Waals surface area (Å²) in [5.74, 6) is -0.0992. The Kier molecular flexibility index (Phi) is 6.49. The fourth-order valence-electron chi connectivity index (χ4n) is 2.82. The van der Waals surface area contributed by atoms with Crippen LogP contribution < -0.4 is 10.1 Å². The van der Waals surface area contributed by atoms with Crippen molar-refractivity contribution in [1.29, 1.82) is 0 Å². The molecule has 0 saturated carbocycles. The van der Waals surface area contributed by atoms with Crippen LogP contribution in [0.1, 0.15) is 23.1 Å². The highest BCUT2D eigenvalue weighted by Gasteiger charge is 2.28. The molecular weight excluding hydrogens is 368 g/mol. The number of aromatic nitrogens is 3. The zero-order valence-electron chi connectivity index (χ0n) is 14.4. The number of hydrogen-bond donors (Lipinski definition) is 1. The molecule has 0 unspecified atom stereocenters. The Hall–Kier alpha value is -2.26. The summed E-state index contributed by atoms with van der Waals surface area (Å²) in [5, 5.41) is 11.3. The Bertz CT molecular complexity index is 754. The van der Waals surface area contributed by atoms with Crippen molar-refractivity contribution in [3.63, 3.8) is 0 Å². The van der Waals surface area contributed by atoms with Crippen molar-refractivity contribution < 1.29 is 18.3 Å². The zero-order chi connectivity index (χ0) is 18.0. The van der Waals surface area contributed by atoms with Gasteiger partial charge < -0.3 is 15.0 Å². The highest BCUT2D eigenvalue weighted by molar-refractivity contribution is 5.93. The lowest BCUT2D eigenvalue weighted by Crippen LogP contribution is -2.52. The molecule has 1 saturated heterocycles. The van der Waals surface area contributed by atoms with E-state index < -0.39 is 6.61 Å². The summed E-state index contributed by atoms with van der Waals surface area (Å²) >= 11 is 0. The molecule has 1 aromatic carbocycles. The van der Waals surface area contributed by atoms with Crippen LogP contribution in [-0.4, -0.2) is 58.1 Å². The average molecular weight is 388 g/mol. The van der Waals surface area contributed by atoms with Crippen LogP contribution in [0.15, 0.2) is 24.3 Å². The first-order chi connectivity index (χ1) is 12.0. The molecule has 1 N–H and O–H groups in total. The van der Waals surface area contributed by atoms with Crippen molar-refractivity contribution in [1.82, 2.24) is 25.2 Å². The van der Waals surface area contributed by atoms with Crippen LogP contribution in [0, 0.1) is 6.92 Å². The monoisotopic (exact) mass is 387 g/mol. The third-order valence-corrected chi connectivity index (χ3v) is 4.17. The van der Waals surface area contributed by atoms with Crippen LogP contribution in [0.5, 0.6) is 5.75 Å². The van der Waals surface area contributed by atoms with E-state index in [9.17, 15) is 13.6 Å². The molecule has 7 nitrogen and oxygen atoms in total. The molecule has 1 amide bonds. The molecule has 0 radical (unpaired) electrons. The number of nitrogens with zero attached hydrogens (tertiary/aromatic N) is 4. The second-order valence-corrected chi connectivity index (χ2v) is 5.86. The standard InChI is InChI=1S/C16H19F2N5O2.ClH/c1-10-9-19-7-8-22(10)15(24)14-11(2)23(21-20-14)12-3-5-13(6-4-12)25-16(17)18;/h3-6,10,16,19H,7-9H2,1-2H3;1H/t10-;/m0./s1. The molecular formula is C16H20ClF2N5O2. The number of carbonyl (C=O) groups is 1. The van der Waals surface area contributed by atoms with Gasteiger partial charge in [-0.3, -0.25) is 4.79 Å². The number of halogens is 3. The number of alkyl halides is 2. The minimum absolute atomic E-state index is 0. The molecule has 3 rings (SSSR count). The SMILES string of the molecule is Cc1c(C(=O)N2CCNC[C@@H]2C)nnn1-c1ccc(OC(F)F)cc1.Cl. The summed E-state index contributed by atoms with van der Waals surface area (Å²) < 4.78 is 30.3. The van der Waals surface area contributed by atoms with Gasteiger partial charge in [0.1, 0.15) is 5.75 Å². The van der Waals surface area contributed by atoms with Gasteiger partial charge in [0, 0.05) is 25.7 Å². The number of nitrogens with one attached hydrogen (secondary N) is 1. The van der Waals surface area contributed by atoms with Crippen molar-refractivity contribution >= 4 is 18.3 Å². The number of rotatable bonds is 4. The maximum absolute atomic E-state index is 12.7. The third-order valence-electron chi connectivity index (χ3n) is 4.17. The minimum Gasteiger partial charge on any atom is -0.435 e. The van der Waals surface area contributed by atoms with Gasteiger partial charge in [0.05, 0.1) is 11.4 Å². The highest BCUT2D eigenvalue weighted by Crippen LogP contribution is 2.19. The van der Waals surface area contributed by atoms with Crippen molar-refractivity contribution in [2.45, 2.75) is 26.5 Å². The maximum Gasteiger partial charge on any atom is 0.387 e. The van der Waals surface area contributed by atoms with E-state index in [1.54, 1.807) is 24.0 Å². The van der Waals surface area contributed by atoms with E-state index in [0.717, 1.165) is 13.1 Å². The van der Waals surface area contributed by atoms with Gasteiger partial charge in [0.25, 0.3) is 5.91 Å². The Morgan fingerprint density at radius 2 is 2.04 bits per heavy atom. The topological polar surface area (TPSA) is 72.3 Å². The molecule has 1 aliphatic heterocycles. The molecule has 0 spiro atoms. The fourth-order valence-corrected chi connectivity index (χ4v) is 2.82. The van der Waals surface area contributed by atoms with Gasteiger partial charge in [-0.15, -0.1) is 17.5 Å². The van der Waals surface area contributed by atoms with Crippen molar-refractivity contribution in [2.24, 2.45) is 0 Å². The second-order valence-electron chi connectivity index (χ2n) is 5.86. The van der Waals surface area contributed by atoms with Gasteiger partial charge in [-0.05, 0) is 38.1 Å². The van der Waals surface area contributed by atoms with Crippen LogP contribution >= 0.6 is 12.4 Å². The minimum atomic E-state index is -2.87. The number of benzene rings is 1. The number of piperazine rings is 1. The Morgan fingerprint density at radius 1 is 1.35 bits per heavy atom. The molecule has 2 aromatic rings. The van der Waals surface area contributed by atoms with Crippen LogP contribution in [0.3, 0.4) is 0 Å². The van der Waals surface area contributed by atoms with E-state index in [-0.39, 0.29) is 30.1 Å². The fraction of sp³-hybridized carbons (Fsp3) is 0.438. The molecule has 0 bridgehead atoms. The van der Waals surface area contributed by atoms with E-state index in [2.05, 4.69) is 20.4 Å². The van der Waals surface area contributed by atoms with Crippen LogP contribution in [-0.2, 0) is 0 Å². The van der Waals surface area contributed by atoms with Crippen LogP contribution in [0.4, 0.5) is 8.78 Å². The van der Waals surface area contributed by atoms with E-state index in [1.807, 2.05) is 6.92 Å². The first kappa shape index (κ1) is 20.1. The predicted molar refractivity (Wildman–Crippen MR) is 93.3 cm³/mol. The van der Waals surface area contributed by atoms with E-state index in [1.165, 1.54) is 16.8 Å². The van der Waals surface area contributed by atoms with E-state index in [4.69, 9.17) is 0 Å². The molecule has 142 valence electrons.